The van der Waals surface area contributed by atoms with Crippen LogP contribution in [0.5, 0.6) is 0 Å². The van der Waals surface area contributed by atoms with E-state index < -0.39 is 11.7 Å². The lowest BCUT2D eigenvalue weighted by atomic mass is 10.2. The highest BCUT2D eigenvalue weighted by molar-refractivity contribution is 6.32. The van der Waals surface area contributed by atoms with E-state index in [4.69, 9.17) is 16.0 Å². The topological polar surface area (TPSA) is 55.1 Å². The summed E-state index contributed by atoms with van der Waals surface area (Å²) in [4.78, 5) is 15.2. The fourth-order valence-corrected chi connectivity index (χ4v) is 1.44. The number of pyridine rings is 1. The molecular weight excluding hydrogens is 247 g/mol. The smallest absolute Gasteiger partial charge is 0.254 e. The number of hydrogen-bond acceptors (Lipinski definition) is 3. The van der Waals surface area contributed by atoms with E-state index in [1.165, 1.54) is 12.5 Å². The molecule has 1 N–H and O–H groups in total. The molecule has 17 heavy (non-hydrogen) atoms. The molecule has 0 aromatic carbocycles. The Morgan fingerprint density at radius 3 is 3.12 bits per heavy atom. The van der Waals surface area contributed by atoms with Gasteiger partial charge in [0.1, 0.15) is 11.0 Å². The minimum absolute atomic E-state index is 0.00941. The molecule has 0 saturated heterocycles. The van der Waals surface area contributed by atoms with Crippen LogP contribution >= 0.6 is 11.6 Å². The van der Waals surface area contributed by atoms with Gasteiger partial charge in [-0.05, 0) is 12.1 Å². The Morgan fingerprint density at radius 2 is 2.41 bits per heavy atom. The van der Waals surface area contributed by atoms with E-state index in [1.807, 2.05) is 0 Å². The third-order valence-electron chi connectivity index (χ3n) is 2.08. The predicted octanol–water partition coefficient (Wildman–Crippen LogP) is 2.40. The Labute approximate surface area is 101 Å². The average molecular weight is 255 g/mol. The lowest BCUT2D eigenvalue weighted by Gasteiger charge is -2.04. The van der Waals surface area contributed by atoms with E-state index in [2.05, 4.69) is 10.3 Å². The van der Waals surface area contributed by atoms with Gasteiger partial charge in [0.25, 0.3) is 5.91 Å². The number of aromatic nitrogens is 1. The van der Waals surface area contributed by atoms with Crippen LogP contribution in [0.25, 0.3) is 0 Å². The van der Waals surface area contributed by atoms with Gasteiger partial charge in [-0.25, -0.2) is 9.37 Å². The molecule has 2 heterocycles. The van der Waals surface area contributed by atoms with Crippen LogP contribution in [0.3, 0.4) is 0 Å². The largest absolute Gasteiger partial charge is 0.472 e. The number of nitrogens with zero attached hydrogens (tertiary/aromatic N) is 1. The molecule has 0 fully saturated rings. The molecule has 0 aliphatic carbocycles. The third kappa shape index (κ3) is 2.82. The molecule has 0 radical (unpaired) electrons. The van der Waals surface area contributed by atoms with Gasteiger partial charge < -0.3 is 9.73 Å². The number of halogens is 2. The van der Waals surface area contributed by atoms with Crippen molar-refractivity contribution in [1.82, 2.24) is 10.3 Å². The van der Waals surface area contributed by atoms with Crippen LogP contribution in [0.15, 0.2) is 35.3 Å². The Balaban J connectivity index is 2.07. The second-order valence-electron chi connectivity index (χ2n) is 3.31. The Kier molecular flexibility index (Phi) is 3.39. The lowest BCUT2D eigenvalue weighted by Crippen LogP contribution is -2.23. The van der Waals surface area contributed by atoms with Gasteiger partial charge in [0.05, 0.1) is 24.3 Å². The van der Waals surface area contributed by atoms with Crippen molar-refractivity contribution in [2.24, 2.45) is 0 Å². The van der Waals surface area contributed by atoms with Gasteiger partial charge in [0.15, 0.2) is 0 Å². The zero-order valence-electron chi connectivity index (χ0n) is 8.61. The quantitative estimate of drug-likeness (QED) is 0.856. The Hall–Kier alpha value is -1.88. The normalized spacial score (nSPS) is 10.2. The number of hydrogen-bond donors (Lipinski definition) is 1. The van der Waals surface area contributed by atoms with Gasteiger partial charge in [-0.2, -0.15) is 0 Å². The molecule has 88 valence electrons. The Bertz CT molecular complexity index is 528. The van der Waals surface area contributed by atoms with Crippen molar-refractivity contribution in [3.05, 3.63) is 53.0 Å². The van der Waals surface area contributed by atoms with Gasteiger partial charge in [-0.3, -0.25) is 4.79 Å². The highest BCUT2D eigenvalue weighted by atomic mass is 35.5. The molecule has 4 nitrogen and oxygen atoms in total. The van der Waals surface area contributed by atoms with Crippen LogP contribution in [0, 0.1) is 5.82 Å². The maximum Gasteiger partial charge on any atom is 0.254 e. The summed E-state index contributed by atoms with van der Waals surface area (Å²) in [6.07, 6.45) is 3.96. The summed E-state index contributed by atoms with van der Waals surface area (Å²) < 4.78 is 17.8. The molecule has 0 unspecified atom stereocenters. The lowest BCUT2D eigenvalue weighted by molar-refractivity contribution is 0.0950. The predicted molar refractivity (Wildman–Crippen MR) is 59.1 cm³/mol. The molecule has 0 atom stereocenters. The van der Waals surface area contributed by atoms with Gasteiger partial charge in [-0.15, -0.1) is 0 Å². The second-order valence-corrected chi connectivity index (χ2v) is 3.66. The monoisotopic (exact) mass is 254 g/mol. The van der Waals surface area contributed by atoms with Gasteiger partial charge in [0.2, 0.25) is 0 Å². The van der Waals surface area contributed by atoms with Crippen LogP contribution in [0.4, 0.5) is 4.39 Å². The molecule has 0 saturated carbocycles. The minimum atomic E-state index is -0.608. The molecule has 1 amide bonds. The SMILES string of the molecule is O=C(NCc1ccoc1)c1cc(F)cnc1Cl. The van der Waals surface area contributed by atoms with Crippen LogP contribution in [-0.4, -0.2) is 10.9 Å². The van der Waals surface area contributed by atoms with Gasteiger partial charge in [-0.1, -0.05) is 11.6 Å². The molecule has 0 aliphatic rings. The van der Waals surface area contributed by atoms with Crippen molar-refractivity contribution in [2.45, 2.75) is 6.54 Å². The van der Waals surface area contributed by atoms with Crippen molar-refractivity contribution in [3.63, 3.8) is 0 Å². The zero-order valence-corrected chi connectivity index (χ0v) is 9.37. The minimum Gasteiger partial charge on any atom is -0.472 e. The van der Waals surface area contributed by atoms with Crippen LogP contribution < -0.4 is 5.32 Å². The summed E-state index contributed by atoms with van der Waals surface area (Å²) in [5.41, 5.74) is 0.814. The van der Waals surface area contributed by atoms with E-state index in [0.717, 1.165) is 17.8 Å². The average Bonchev–Trinajstić information content (AvgIpc) is 2.82. The van der Waals surface area contributed by atoms with Crippen LogP contribution in [-0.2, 0) is 6.54 Å². The molecule has 2 aromatic rings. The highest BCUT2D eigenvalue weighted by Gasteiger charge is 2.12. The first-order chi connectivity index (χ1) is 8.16. The maximum atomic E-state index is 12.9. The second kappa shape index (κ2) is 4.97. The van der Waals surface area contributed by atoms with Crippen LogP contribution in [0.2, 0.25) is 5.15 Å². The molecular formula is C11H8ClFN2O2. The van der Waals surface area contributed by atoms with Crippen molar-refractivity contribution in [2.75, 3.05) is 0 Å². The molecule has 0 aliphatic heterocycles. The van der Waals surface area contributed by atoms with E-state index in [0.29, 0.717) is 0 Å². The first-order valence-corrected chi connectivity index (χ1v) is 5.15. The number of carbonyl (C=O) groups excluding carboxylic acids is 1. The van der Waals surface area contributed by atoms with E-state index >= 15 is 0 Å². The van der Waals surface area contributed by atoms with Crippen LogP contribution in [0.1, 0.15) is 15.9 Å². The summed E-state index contributed by atoms with van der Waals surface area (Å²) in [5, 5.41) is 2.55. The summed E-state index contributed by atoms with van der Waals surface area (Å²) in [6.45, 7) is 0.280. The van der Waals surface area contributed by atoms with Crippen molar-refractivity contribution < 1.29 is 13.6 Å². The number of rotatable bonds is 3. The fourth-order valence-electron chi connectivity index (χ4n) is 1.25. The Morgan fingerprint density at radius 1 is 1.59 bits per heavy atom. The number of furan rings is 1. The molecule has 6 heteroatoms. The summed E-state index contributed by atoms with van der Waals surface area (Å²) >= 11 is 5.69. The standard InChI is InChI=1S/C11H8ClFN2O2/c12-10-9(3-8(13)5-14-10)11(16)15-4-7-1-2-17-6-7/h1-3,5-6H,4H2,(H,15,16). The molecule has 2 aromatic heterocycles. The third-order valence-corrected chi connectivity index (χ3v) is 2.38. The number of carbonyl (C=O) groups is 1. The van der Waals surface area contributed by atoms with E-state index in [1.54, 1.807) is 6.07 Å². The maximum absolute atomic E-state index is 12.9. The number of amides is 1. The fraction of sp³-hybridized carbons (Fsp3) is 0.0909. The summed E-state index contributed by atoms with van der Waals surface area (Å²) in [5.74, 6) is -1.09. The van der Waals surface area contributed by atoms with Crippen molar-refractivity contribution in [3.8, 4) is 0 Å². The first kappa shape index (κ1) is 11.6. The first-order valence-electron chi connectivity index (χ1n) is 4.77. The van der Waals surface area contributed by atoms with E-state index in [-0.39, 0.29) is 17.3 Å². The summed E-state index contributed by atoms with van der Waals surface area (Å²) in [6, 6.07) is 2.76. The zero-order chi connectivity index (χ0) is 12.3. The molecule has 2 rings (SSSR count). The van der Waals surface area contributed by atoms with Gasteiger partial charge >= 0.3 is 0 Å². The highest BCUT2D eigenvalue weighted by Crippen LogP contribution is 2.13. The van der Waals surface area contributed by atoms with Gasteiger partial charge in [0, 0.05) is 12.1 Å². The summed E-state index contributed by atoms with van der Waals surface area (Å²) in [7, 11) is 0. The molecule has 0 spiro atoms. The van der Waals surface area contributed by atoms with E-state index in [9.17, 15) is 9.18 Å². The van der Waals surface area contributed by atoms with Crippen molar-refractivity contribution >= 4 is 17.5 Å². The molecule has 0 bridgehead atoms. The van der Waals surface area contributed by atoms with Crippen molar-refractivity contribution in [1.29, 1.82) is 0 Å². The number of nitrogens with one attached hydrogen (secondary N) is 1.